The van der Waals surface area contributed by atoms with Crippen LogP contribution in [0.4, 0.5) is 15.8 Å². The van der Waals surface area contributed by atoms with Crippen molar-refractivity contribution in [1.82, 2.24) is 0 Å². The van der Waals surface area contributed by atoms with E-state index in [1.165, 1.54) is 25.1 Å². The van der Waals surface area contributed by atoms with Crippen LogP contribution in [0.2, 0.25) is 0 Å². The molecule has 5 nitrogen and oxygen atoms in total. The summed E-state index contributed by atoms with van der Waals surface area (Å²) in [6.45, 7) is 1.38. The van der Waals surface area contributed by atoms with Gasteiger partial charge < -0.3 is 5.32 Å². The summed E-state index contributed by atoms with van der Waals surface area (Å²) in [5.41, 5.74) is 1.12. The summed E-state index contributed by atoms with van der Waals surface area (Å²) in [5.74, 6) is -2.14. The molecule has 1 heterocycles. The molecule has 0 atom stereocenters. The third-order valence-corrected chi connectivity index (χ3v) is 3.94. The fraction of sp³-hybridized carbons (Fsp3) is 0.0556. The largest absolute Gasteiger partial charge is 0.326 e. The molecule has 0 aliphatic carbocycles. The standard InChI is InChI=1S/C18H12ClFN2O3/c1-10(23)21-13-7-5-11(6-8-13)15-16(19)18(25)22(17(15)24)14-4-2-3-12(20)9-14/h2-9H,1H3,(H,21,23). The molecule has 1 aliphatic rings. The number of anilines is 2. The van der Waals surface area contributed by atoms with E-state index in [1.54, 1.807) is 24.3 Å². The Morgan fingerprint density at radius 3 is 2.36 bits per heavy atom. The fourth-order valence-electron chi connectivity index (χ4n) is 2.53. The second-order valence-electron chi connectivity index (χ2n) is 5.37. The Kier molecular flexibility index (Phi) is 4.37. The van der Waals surface area contributed by atoms with Crippen molar-refractivity contribution >= 4 is 46.3 Å². The van der Waals surface area contributed by atoms with Crippen molar-refractivity contribution in [3.05, 3.63) is 64.9 Å². The third-order valence-electron chi connectivity index (χ3n) is 3.59. The summed E-state index contributed by atoms with van der Waals surface area (Å²) in [5, 5.41) is 2.37. The molecule has 0 radical (unpaired) electrons. The number of benzene rings is 2. The number of carbonyl (C=O) groups is 3. The zero-order valence-corrected chi connectivity index (χ0v) is 13.8. The number of rotatable bonds is 3. The average molecular weight is 359 g/mol. The van der Waals surface area contributed by atoms with E-state index in [-0.39, 0.29) is 22.2 Å². The summed E-state index contributed by atoms with van der Waals surface area (Å²) in [6.07, 6.45) is 0. The van der Waals surface area contributed by atoms with Crippen LogP contribution in [-0.4, -0.2) is 17.7 Å². The van der Waals surface area contributed by atoms with E-state index in [0.29, 0.717) is 11.3 Å². The number of carbonyl (C=O) groups excluding carboxylic acids is 3. The summed E-state index contributed by atoms with van der Waals surface area (Å²) in [6, 6.07) is 11.5. The lowest BCUT2D eigenvalue weighted by Crippen LogP contribution is -2.31. The number of nitrogens with one attached hydrogen (secondary N) is 1. The Morgan fingerprint density at radius 2 is 1.76 bits per heavy atom. The van der Waals surface area contributed by atoms with Crippen LogP contribution >= 0.6 is 11.6 Å². The lowest BCUT2D eigenvalue weighted by molar-refractivity contribution is -0.120. The molecule has 0 bridgehead atoms. The number of halogens is 2. The van der Waals surface area contributed by atoms with Crippen molar-refractivity contribution < 1.29 is 18.8 Å². The second-order valence-corrected chi connectivity index (χ2v) is 5.75. The predicted octanol–water partition coefficient (Wildman–Crippen LogP) is 3.31. The number of imide groups is 1. The topological polar surface area (TPSA) is 66.5 Å². The molecule has 2 aromatic carbocycles. The average Bonchev–Trinajstić information content (AvgIpc) is 2.78. The molecule has 25 heavy (non-hydrogen) atoms. The number of hydrogen-bond donors (Lipinski definition) is 1. The molecule has 3 rings (SSSR count). The van der Waals surface area contributed by atoms with Gasteiger partial charge in [0.05, 0.1) is 11.3 Å². The highest BCUT2D eigenvalue weighted by molar-refractivity contribution is 6.60. The van der Waals surface area contributed by atoms with Crippen molar-refractivity contribution in [3.63, 3.8) is 0 Å². The van der Waals surface area contributed by atoms with E-state index in [4.69, 9.17) is 11.6 Å². The lowest BCUT2D eigenvalue weighted by Gasteiger charge is -2.14. The normalized spacial score (nSPS) is 14.3. The van der Waals surface area contributed by atoms with Crippen molar-refractivity contribution in [2.45, 2.75) is 6.92 Å². The Balaban J connectivity index is 1.96. The first-order valence-electron chi connectivity index (χ1n) is 7.30. The molecule has 0 spiro atoms. The highest BCUT2D eigenvalue weighted by Gasteiger charge is 2.39. The molecule has 1 N–H and O–H groups in total. The molecule has 0 saturated heterocycles. The molecule has 126 valence electrons. The maximum atomic E-state index is 13.4. The molecule has 0 fully saturated rings. The van der Waals surface area contributed by atoms with Crippen molar-refractivity contribution in [2.24, 2.45) is 0 Å². The van der Waals surface area contributed by atoms with Crippen LogP contribution in [0.25, 0.3) is 5.57 Å². The van der Waals surface area contributed by atoms with Crippen molar-refractivity contribution in [3.8, 4) is 0 Å². The van der Waals surface area contributed by atoms with Crippen LogP contribution < -0.4 is 10.2 Å². The van der Waals surface area contributed by atoms with E-state index in [1.807, 2.05) is 0 Å². The Morgan fingerprint density at radius 1 is 1.08 bits per heavy atom. The SMILES string of the molecule is CC(=O)Nc1ccc(C2=C(Cl)C(=O)N(c3cccc(F)c3)C2=O)cc1. The van der Waals surface area contributed by atoms with E-state index in [2.05, 4.69) is 5.32 Å². The maximum absolute atomic E-state index is 13.4. The van der Waals surface area contributed by atoms with Gasteiger partial charge in [0.2, 0.25) is 5.91 Å². The minimum Gasteiger partial charge on any atom is -0.326 e. The van der Waals surface area contributed by atoms with Crippen molar-refractivity contribution in [1.29, 1.82) is 0 Å². The molecule has 7 heteroatoms. The molecule has 0 unspecified atom stereocenters. The van der Waals surface area contributed by atoms with Gasteiger partial charge >= 0.3 is 0 Å². The molecule has 1 aliphatic heterocycles. The van der Waals surface area contributed by atoms with E-state index < -0.39 is 17.6 Å². The van der Waals surface area contributed by atoms with Crippen LogP contribution in [0.5, 0.6) is 0 Å². The van der Waals surface area contributed by atoms with Gasteiger partial charge in [0, 0.05) is 12.6 Å². The minimum atomic E-state index is -0.710. The first kappa shape index (κ1) is 16.9. The van der Waals surface area contributed by atoms with E-state index in [0.717, 1.165) is 11.0 Å². The Hall–Kier alpha value is -2.99. The summed E-state index contributed by atoms with van der Waals surface area (Å²) < 4.78 is 13.4. The zero-order chi connectivity index (χ0) is 18.1. The fourth-order valence-corrected chi connectivity index (χ4v) is 2.80. The van der Waals surface area contributed by atoms with Gasteiger partial charge in [-0.05, 0) is 35.9 Å². The first-order valence-corrected chi connectivity index (χ1v) is 7.68. The highest BCUT2D eigenvalue weighted by atomic mass is 35.5. The molecular weight excluding hydrogens is 347 g/mol. The van der Waals surface area contributed by atoms with Crippen LogP contribution in [0, 0.1) is 5.82 Å². The summed E-state index contributed by atoms with van der Waals surface area (Å²) >= 11 is 6.07. The van der Waals surface area contributed by atoms with E-state index in [9.17, 15) is 18.8 Å². The summed E-state index contributed by atoms with van der Waals surface area (Å²) in [7, 11) is 0. The molecule has 3 amide bonds. The molecule has 0 saturated carbocycles. The quantitative estimate of drug-likeness (QED) is 0.856. The number of amides is 3. The van der Waals surface area contributed by atoms with Crippen molar-refractivity contribution in [2.75, 3.05) is 10.2 Å². The van der Waals surface area contributed by atoms with Crippen LogP contribution in [0.1, 0.15) is 12.5 Å². The Bertz CT molecular complexity index is 922. The molecule has 2 aromatic rings. The predicted molar refractivity (Wildman–Crippen MR) is 92.4 cm³/mol. The number of hydrogen-bond acceptors (Lipinski definition) is 3. The van der Waals surface area contributed by atoms with Crippen LogP contribution in [0.3, 0.4) is 0 Å². The third kappa shape index (κ3) is 3.16. The summed E-state index contributed by atoms with van der Waals surface area (Å²) in [4.78, 5) is 36.9. The highest BCUT2D eigenvalue weighted by Crippen LogP contribution is 2.35. The zero-order valence-electron chi connectivity index (χ0n) is 13.0. The van der Waals surface area contributed by atoms with Gasteiger partial charge in [-0.3, -0.25) is 14.4 Å². The van der Waals surface area contributed by atoms with E-state index >= 15 is 0 Å². The Labute approximate surface area is 147 Å². The van der Waals surface area contributed by atoms with Crippen LogP contribution in [0.15, 0.2) is 53.6 Å². The van der Waals surface area contributed by atoms with Gasteiger partial charge in [-0.2, -0.15) is 0 Å². The number of nitrogens with zero attached hydrogens (tertiary/aromatic N) is 1. The second kappa shape index (κ2) is 6.49. The molecule has 0 aromatic heterocycles. The maximum Gasteiger partial charge on any atom is 0.277 e. The smallest absolute Gasteiger partial charge is 0.277 e. The van der Waals surface area contributed by atoms with Gasteiger partial charge in [-0.15, -0.1) is 0 Å². The first-order chi connectivity index (χ1) is 11.9. The lowest BCUT2D eigenvalue weighted by atomic mass is 10.1. The van der Waals surface area contributed by atoms with Crippen LogP contribution in [-0.2, 0) is 14.4 Å². The molecular formula is C18H12ClFN2O3. The van der Waals surface area contributed by atoms with Gasteiger partial charge in [0.1, 0.15) is 10.8 Å². The van der Waals surface area contributed by atoms with Gasteiger partial charge in [-0.25, -0.2) is 9.29 Å². The van der Waals surface area contributed by atoms with Gasteiger partial charge in [0.25, 0.3) is 11.8 Å². The van der Waals surface area contributed by atoms with Gasteiger partial charge in [0.15, 0.2) is 0 Å². The monoisotopic (exact) mass is 358 g/mol. The van der Waals surface area contributed by atoms with Gasteiger partial charge in [-0.1, -0.05) is 29.8 Å². The minimum absolute atomic E-state index is 0.0327.